The fourth-order valence-electron chi connectivity index (χ4n) is 2.83. The summed E-state index contributed by atoms with van der Waals surface area (Å²) in [6.07, 6.45) is 1.80. The molecule has 0 unspecified atom stereocenters. The molecule has 0 aliphatic carbocycles. The minimum atomic E-state index is 0.776. The molecule has 2 heterocycles. The lowest BCUT2D eigenvalue weighted by Crippen LogP contribution is -1.84. The number of hydrogen-bond acceptors (Lipinski definition) is 4. The third kappa shape index (κ3) is 2.83. The van der Waals surface area contributed by atoms with E-state index in [0.29, 0.717) is 0 Å². The minimum absolute atomic E-state index is 0.776. The number of hydrogen-bond donors (Lipinski definition) is 0. The van der Waals surface area contributed by atoms with Crippen molar-refractivity contribution < 1.29 is 13.9 Å². The molecule has 0 aliphatic heterocycles. The van der Waals surface area contributed by atoms with E-state index in [1.54, 1.807) is 20.4 Å². The first-order chi connectivity index (χ1) is 12.3. The van der Waals surface area contributed by atoms with E-state index in [9.17, 15) is 0 Å². The molecule has 4 heteroatoms. The topological polar surface area (TPSA) is 44.5 Å². The standard InChI is InChI=1S/C21H17NO3/c1-23-16-7-3-14(4-8-16)18-11-12-22-19-13-20(25-21(18)19)15-5-9-17(24-2)10-6-15/h3-13H,1-2H3. The van der Waals surface area contributed by atoms with Gasteiger partial charge in [-0.3, -0.25) is 4.98 Å². The van der Waals surface area contributed by atoms with Gasteiger partial charge in [0.05, 0.1) is 14.2 Å². The summed E-state index contributed by atoms with van der Waals surface area (Å²) in [5.41, 5.74) is 4.66. The Labute approximate surface area is 145 Å². The molecule has 0 aliphatic rings. The zero-order valence-electron chi connectivity index (χ0n) is 14.0. The van der Waals surface area contributed by atoms with Gasteiger partial charge in [0.25, 0.3) is 0 Å². The second kappa shape index (κ2) is 6.32. The molecule has 0 saturated heterocycles. The quantitative estimate of drug-likeness (QED) is 0.517. The monoisotopic (exact) mass is 331 g/mol. The molecule has 0 bridgehead atoms. The average molecular weight is 331 g/mol. The molecule has 0 amide bonds. The van der Waals surface area contributed by atoms with E-state index >= 15 is 0 Å². The van der Waals surface area contributed by atoms with Gasteiger partial charge in [0.1, 0.15) is 22.8 Å². The Balaban J connectivity index is 1.79. The summed E-state index contributed by atoms with van der Waals surface area (Å²) < 4.78 is 16.6. The van der Waals surface area contributed by atoms with Crippen LogP contribution in [0.1, 0.15) is 0 Å². The first kappa shape index (κ1) is 15.3. The molecular formula is C21H17NO3. The third-order valence-corrected chi connectivity index (χ3v) is 4.19. The van der Waals surface area contributed by atoms with Crippen LogP contribution in [0.15, 0.2) is 71.3 Å². The third-order valence-electron chi connectivity index (χ3n) is 4.19. The molecular weight excluding hydrogens is 314 g/mol. The number of ether oxygens (including phenoxy) is 2. The smallest absolute Gasteiger partial charge is 0.161 e. The largest absolute Gasteiger partial charge is 0.497 e. The molecule has 124 valence electrons. The van der Waals surface area contributed by atoms with E-state index in [1.165, 1.54) is 0 Å². The summed E-state index contributed by atoms with van der Waals surface area (Å²) in [5.74, 6) is 2.43. The van der Waals surface area contributed by atoms with Crippen molar-refractivity contribution in [3.8, 4) is 33.9 Å². The van der Waals surface area contributed by atoms with Crippen molar-refractivity contribution in [2.75, 3.05) is 14.2 Å². The number of fused-ring (bicyclic) bond motifs is 1. The van der Waals surface area contributed by atoms with Crippen LogP contribution in [0.25, 0.3) is 33.6 Å². The van der Waals surface area contributed by atoms with E-state index in [4.69, 9.17) is 13.9 Å². The highest BCUT2D eigenvalue weighted by Gasteiger charge is 2.12. The van der Waals surface area contributed by atoms with Crippen LogP contribution in [0.5, 0.6) is 11.5 Å². The van der Waals surface area contributed by atoms with Crippen molar-refractivity contribution >= 4 is 11.1 Å². The fourth-order valence-corrected chi connectivity index (χ4v) is 2.83. The predicted octanol–water partition coefficient (Wildman–Crippen LogP) is 5.18. The lowest BCUT2D eigenvalue weighted by atomic mass is 10.1. The van der Waals surface area contributed by atoms with Crippen LogP contribution < -0.4 is 9.47 Å². The molecule has 2 aromatic heterocycles. The van der Waals surface area contributed by atoms with Crippen molar-refractivity contribution in [3.05, 3.63) is 66.9 Å². The number of methoxy groups -OCH3 is 2. The van der Waals surface area contributed by atoms with Gasteiger partial charge < -0.3 is 13.9 Å². The number of furan rings is 1. The van der Waals surface area contributed by atoms with Crippen LogP contribution in [0.4, 0.5) is 0 Å². The molecule has 0 saturated carbocycles. The van der Waals surface area contributed by atoms with Crippen LogP contribution in [0, 0.1) is 0 Å². The van der Waals surface area contributed by atoms with Gasteiger partial charge in [-0.15, -0.1) is 0 Å². The zero-order valence-corrected chi connectivity index (χ0v) is 14.0. The van der Waals surface area contributed by atoms with Gasteiger partial charge >= 0.3 is 0 Å². The molecule has 0 fully saturated rings. The van der Waals surface area contributed by atoms with Gasteiger partial charge in [-0.1, -0.05) is 12.1 Å². The van der Waals surface area contributed by atoms with Crippen LogP contribution in [-0.4, -0.2) is 19.2 Å². The van der Waals surface area contributed by atoms with E-state index in [0.717, 1.165) is 45.0 Å². The Bertz CT molecular complexity index is 1000. The highest BCUT2D eigenvalue weighted by Crippen LogP contribution is 2.34. The number of rotatable bonds is 4. The highest BCUT2D eigenvalue weighted by atomic mass is 16.5. The Hall–Kier alpha value is -3.27. The van der Waals surface area contributed by atoms with Crippen molar-refractivity contribution in [2.45, 2.75) is 0 Å². The average Bonchev–Trinajstić information content (AvgIpc) is 3.12. The molecule has 0 spiro atoms. The summed E-state index contributed by atoms with van der Waals surface area (Å²) in [6, 6.07) is 19.6. The maximum atomic E-state index is 6.14. The molecule has 0 atom stereocenters. The van der Waals surface area contributed by atoms with Crippen LogP contribution in [-0.2, 0) is 0 Å². The van der Waals surface area contributed by atoms with E-state index in [2.05, 4.69) is 4.98 Å². The number of benzene rings is 2. The van der Waals surface area contributed by atoms with E-state index in [1.807, 2.05) is 60.7 Å². The van der Waals surface area contributed by atoms with Crippen LogP contribution in [0.3, 0.4) is 0 Å². The zero-order chi connectivity index (χ0) is 17.2. The lowest BCUT2D eigenvalue weighted by Gasteiger charge is -2.04. The molecule has 2 aromatic carbocycles. The van der Waals surface area contributed by atoms with Crippen LogP contribution in [0.2, 0.25) is 0 Å². The van der Waals surface area contributed by atoms with E-state index in [-0.39, 0.29) is 0 Å². The fraction of sp³-hybridized carbons (Fsp3) is 0.0952. The van der Waals surface area contributed by atoms with Gasteiger partial charge in [-0.2, -0.15) is 0 Å². The summed E-state index contributed by atoms with van der Waals surface area (Å²) in [6.45, 7) is 0. The number of nitrogens with zero attached hydrogens (tertiary/aromatic N) is 1. The molecule has 4 nitrogen and oxygen atoms in total. The summed E-state index contributed by atoms with van der Waals surface area (Å²) >= 11 is 0. The summed E-state index contributed by atoms with van der Waals surface area (Å²) in [4.78, 5) is 4.44. The molecule has 0 radical (unpaired) electrons. The Morgan fingerprint density at radius 2 is 1.36 bits per heavy atom. The highest BCUT2D eigenvalue weighted by molar-refractivity contribution is 5.92. The van der Waals surface area contributed by atoms with Crippen molar-refractivity contribution in [2.24, 2.45) is 0 Å². The lowest BCUT2D eigenvalue weighted by molar-refractivity contribution is 0.414. The number of aromatic nitrogens is 1. The van der Waals surface area contributed by atoms with E-state index < -0.39 is 0 Å². The minimum Gasteiger partial charge on any atom is -0.497 e. The Morgan fingerprint density at radius 3 is 1.96 bits per heavy atom. The molecule has 4 aromatic rings. The molecule has 0 N–H and O–H groups in total. The maximum Gasteiger partial charge on any atom is 0.161 e. The van der Waals surface area contributed by atoms with Crippen LogP contribution >= 0.6 is 0 Å². The summed E-state index contributed by atoms with van der Waals surface area (Å²) in [5, 5.41) is 0. The molecule has 25 heavy (non-hydrogen) atoms. The second-order valence-corrected chi connectivity index (χ2v) is 5.64. The second-order valence-electron chi connectivity index (χ2n) is 5.64. The van der Waals surface area contributed by atoms with Crippen molar-refractivity contribution in [3.63, 3.8) is 0 Å². The normalized spacial score (nSPS) is 10.8. The van der Waals surface area contributed by atoms with Gasteiger partial charge in [-0.25, -0.2) is 0 Å². The Kier molecular flexibility index (Phi) is 3.86. The first-order valence-corrected chi connectivity index (χ1v) is 7.96. The Morgan fingerprint density at radius 1 is 0.760 bits per heavy atom. The number of pyridine rings is 1. The summed E-state index contributed by atoms with van der Waals surface area (Å²) in [7, 11) is 3.31. The first-order valence-electron chi connectivity index (χ1n) is 7.96. The molecule has 4 rings (SSSR count). The van der Waals surface area contributed by atoms with Gasteiger partial charge in [0.2, 0.25) is 0 Å². The van der Waals surface area contributed by atoms with Crippen molar-refractivity contribution in [1.82, 2.24) is 4.98 Å². The predicted molar refractivity (Wildman–Crippen MR) is 98.0 cm³/mol. The van der Waals surface area contributed by atoms with Crippen molar-refractivity contribution in [1.29, 1.82) is 0 Å². The SMILES string of the molecule is COc1ccc(-c2cc3nccc(-c4ccc(OC)cc4)c3o2)cc1. The maximum absolute atomic E-state index is 6.14. The van der Waals surface area contributed by atoms with Gasteiger partial charge in [0, 0.05) is 23.4 Å². The van der Waals surface area contributed by atoms with Gasteiger partial charge in [0.15, 0.2) is 5.58 Å². The van der Waals surface area contributed by atoms with Gasteiger partial charge in [-0.05, 0) is 48.0 Å².